The van der Waals surface area contributed by atoms with Crippen LogP contribution in [0.25, 0.3) is 0 Å². The molecule has 0 aromatic heterocycles. The van der Waals surface area contributed by atoms with Gasteiger partial charge in [-0.25, -0.2) is 0 Å². The van der Waals surface area contributed by atoms with E-state index in [9.17, 15) is 0 Å². The Bertz CT molecular complexity index is 355. The third kappa shape index (κ3) is 2.58. The van der Waals surface area contributed by atoms with Crippen molar-refractivity contribution in [2.75, 3.05) is 27.9 Å². The van der Waals surface area contributed by atoms with Gasteiger partial charge in [-0.2, -0.15) is 0 Å². The number of halogens is 1. The fraction of sp³-hybridized carbons (Fsp3) is 0.500. The summed E-state index contributed by atoms with van der Waals surface area (Å²) in [5, 5.41) is 3.35. The van der Waals surface area contributed by atoms with E-state index in [1.54, 1.807) is 21.3 Å². The summed E-state index contributed by atoms with van der Waals surface area (Å²) in [5.41, 5.74) is 1.18. The molecular formula is C12H18ClNO3. The van der Waals surface area contributed by atoms with Gasteiger partial charge < -0.3 is 19.5 Å². The molecular weight excluding hydrogens is 242 g/mol. The van der Waals surface area contributed by atoms with Crippen LogP contribution in [0.3, 0.4) is 0 Å². The van der Waals surface area contributed by atoms with E-state index in [2.05, 4.69) is 5.32 Å². The van der Waals surface area contributed by atoms with Gasteiger partial charge in [0.15, 0.2) is 11.5 Å². The molecule has 0 saturated carbocycles. The van der Waals surface area contributed by atoms with Crippen LogP contribution in [0.2, 0.25) is 0 Å². The van der Waals surface area contributed by atoms with Crippen LogP contribution in [0.15, 0.2) is 12.1 Å². The summed E-state index contributed by atoms with van der Waals surface area (Å²) in [6, 6.07) is 4.41. The molecule has 1 aromatic carbocycles. The lowest BCUT2D eigenvalue weighted by Crippen LogP contribution is -2.34. The van der Waals surface area contributed by atoms with Crippen LogP contribution in [0, 0.1) is 0 Å². The van der Waals surface area contributed by atoms with Crippen molar-refractivity contribution in [1.29, 1.82) is 0 Å². The highest BCUT2D eigenvalue weighted by atomic mass is 35.5. The molecule has 1 saturated heterocycles. The van der Waals surface area contributed by atoms with Crippen molar-refractivity contribution in [3.05, 3.63) is 17.7 Å². The van der Waals surface area contributed by atoms with Gasteiger partial charge in [0.2, 0.25) is 5.75 Å². The molecule has 17 heavy (non-hydrogen) atoms. The number of hydrogen-bond donors (Lipinski definition) is 1. The Morgan fingerprint density at radius 1 is 1.06 bits per heavy atom. The van der Waals surface area contributed by atoms with Gasteiger partial charge in [0.1, 0.15) is 0 Å². The average Bonchev–Trinajstić information content (AvgIpc) is 2.25. The second kappa shape index (κ2) is 5.98. The SMILES string of the molecule is COc1cc([C@H]2CCN2)cc(OC)c1OC.Cl. The summed E-state index contributed by atoms with van der Waals surface area (Å²) < 4.78 is 15.9. The molecule has 1 aliphatic rings. The van der Waals surface area contributed by atoms with E-state index < -0.39 is 0 Å². The molecule has 96 valence electrons. The van der Waals surface area contributed by atoms with Crippen molar-refractivity contribution in [3.8, 4) is 17.2 Å². The molecule has 0 unspecified atom stereocenters. The van der Waals surface area contributed by atoms with Crippen molar-refractivity contribution in [2.24, 2.45) is 0 Å². The molecule has 0 radical (unpaired) electrons. The molecule has 0 amide bonds. The van der Waals surface area contributed by atoms with E-state index >= 15 is 0 Å². The van der Waals surface area contributed by atoms with Gasteiger partial charge in [-0.1, -0.05) is 0 Å². The minimum Gasteiger partial charge on any atom is -0.493 e. The van der Waals surface area contributed by atoms with E-state index in [-0.39, 0.29) is 12.4 Å². The number of ether oxygens (including phenoxy) is 3. The van der Waals surface area contributed by atoms with Crippen molar-refractivity contribution in [2.45, 2.75) is 12.5 Å². The van der Waals surface area contributed by atoms with E-state index in [0.717, 1.165) is 13.0 Å². The molecule has 1 heterocycles. The van der Waals surface area contributed by atoms with Crippen molar-refractivity contribution < 1.29 is 14.2 Å². The Morgan fingerprint density at radius 2 is 1.59 bits per heavy atom. The normalized spacial score (nSPS) is 17.7. The van der Waals surface area contributed by atoms with Crippen molar-refractivity contribution >= 4 is 12.4 Å². The third-order valence-electron chi connectivity index (χ3n) is 2.91. The maximum Gasteiger partial charge on any atom is 0.203 e. The predicted molar refractivity (Wildman–Crippen MR) is 68.7 cm³/mol. The first-order valence-corrected chi connectivity index (χ1v) is 5.33. The minimum absolute atomic E-state index is 0. The lowest BCUT2D eigenvalue weighted by atomic mass is 9.97. The van der Waals surface area contributed by atoms with E-state index in [1.807, 2.05) is 12.1 Å². The highest BCUT2D eigenvalue weighted by Crippen LogP contribution is 2.40. The Labute approximate surface area is 108 Å². The van der Waals surface area contributed by atoms with Crippen LogP contribution in [0.4, 0.5) is 0 Å². The van der Waals surface area contributed by atoms with E-state index in [4.69, 9.17) is 14.2 Å². The zero-order chi connectivity index (χ0) is 11.5. The summed E-state index contributed by atoms with van der Waals surface area (Å²) in [7, 11) is 4.88. The highest BCUT2D eigenvalue weighted by Gasteiger charge is 2.22. The molecule has 1 fully saturated rings. The fourth-order valence-corrected chi connectivity index (χ4v) is 1.88. The first kappa shape index (κ1) is 13.9. The molecule has 5 heteroatoms. The third-order valence-corrected chi connectivity index (χ3v) is 2.91. The van der Waals surface area contributed by atoms with Gasteiger partial charge in [-0.3, -0.25) is 0 Å². The second-order valence-electron chi connectivity index (χ2n) is 3.75. The zero-order valence-electron chi connectivity index (χ0n) is 10.3. The lowest BCUT2D eigenvalue weighted by molar-refractivity contribution is 0.319. The summed E-state index contributed by atoms with van der Waals surface area (Å²) in [5.74, 6) is 2.07. The van der Waals surface area contributed by atoms with Crippen LogP contribution in [0.5, 0.6) is 17.2 Å². The summed E-state index contributed by atoms with van der Waals surface area (Å²) in [4.78, 5) is 0. The number of hydrogen-bond acceptors (Lipinski definition) is 4. The van der Waals surface area contributed by atoms with Crippen LogP contribution in [0.1, 0.15) is 18.0 Å². The number of benzene rings is 1. The Balaban J connectivity index is 0.00000144. The van der Waals surface area contributed by atoms with Gasteiger partial charge in [0.25, 0.3) is 0 Å². The summed E-state index contributed by atoms with van der Waals surface area (Å²) >= 11 is 0. The Kier molecular flexibility index (Phi) is 4.90. The van der Waals surface area contributed by atoms with Gasteiger partial charge in [-0.05, 0) is 30.7 Å². The first-order valence-electron chi connectivity index (χ1n) is 5.33. The van der Waals surface area contributed by atoms with Gasteiger partial charge >= 0.3 is 0 Å². The van der Waals surface area contributed by atoms with Gasteiger partial charge in [0, 0.05) is 6.04 Å². The number of methoxy groups -OCH3 is 3. The summed E-state index contributed by atoms with van der Waals surface area (Å²) in [6.07, 6.45) is 1.15. The molecule has 1 N–H and O–H groups in total. The molecule has 1 atom stereocenters. The average molecular weight is 260 g/mol. The minimum atomic E-state index is 0. The van der Waals surface area contributed by atoms with E-state index in [0.29, 0.717) is 23.3 Å². The Morgan fingerprint density at radius 3 is 1.88 bits per heavy atom. The number of rotatable bonds is 4. The van der Waals surface area contributed by atoms with Crippen LogP contribution in [-0.2, 0) is 0 Å². The summed E-state index contributed by atoms with van der Waals surface area (Å²) in [6.45, 7) is 1.07. The maximum atomic E-state index is 5.31. The fourth-order valence-electron chi connectivity index (χ4n) is 1.88. The monoisotopic (exact) mass is 259 g/mol. The second-order valence-corrected chi connectivity index (χ2v) is 3.75. The quantitative estimate of drug-likeness (QED) is 0.900. The maximum absolute atomic E-state index is 5.31. The zero-order valence-corrected chi connectivity index (χ0v) is 11.1. The largest absolute Gasteiger partial charge is 0.493 e. The Hall–Kier alpha value is -1.13. The first-order chi connectivity index (χ1) is 7.80. The molecule has 2 rings (SSSR count). The van der Waals surface area contributed by atoms with Crippen molar-refractivity contribution in [1.82, 2.24) is 5.32 Å². The molecule has 1 aliphatic heterocycles. The highest BCUT2D eigenvalue weighted by molar-refractivity contribution is 5.85. The smallest absolute Gasteiger partial charge is 0.203 e. The number of nitrogens with one attached hydrogen (secondary N) is 1. The standard InChI is InChI=1S/C12H17NO3.ClH/c1-14-10-6-8(9-4-5-13-9)7-11(15-2)12(10)16-3;/h6-7,9,13H,4-5H2,1-3H3;1H/t9-;/m1./s1. The van der Waals surface area contributed by atoms with Crippen LogP contribution < -0.4 is 19.5 Å². The molecule has 1 aromatic rings. The topological polar surface area (TPSA) is 39.7 Å². The molecule has 0 spiro atoms. The van der Waals surface area contributed by atoms with Gasteiger partial charge in [0.05, 0.1) is 21.3 Å². The van der Waals surface area contributed by atoms with Crippen LogP contribution in [-0.4, -0.2) is 27.9 Å². The molecule has 0 bridgehead atoms. The predicted octanol–water partition coefficient (Wildman–Crippen LogP) is 2.17. The lowest BCUT2D eigenvalue weighted by Gasteiger charge is -2.29. The van der Waals surface area contributed by atoms with Gasteiger partial charge in [-0.15, -0.1) is 12.4 Å². The molecule has 4 nitrogen and oxygen atoms in total. The van der Waals surface area contributed by atoms with Crippen LogP contribution >= 0.6 is 12.4 Å². The van der Waals surface area contributed by atoms with E-state index in [1.165, 1.54) is 5.56 Å². The molecule has 0 aliphatic carbocycles. The van der Waals surface area contributed by atoms with Crippen molar-refractivity contribution in [3.63, 3.8) is 0 Å².